The fraction of sp³-hybridized carbons (Fsp3) is 1.00. The van der Waals surface area contributed by atoms with E-state index in [1.165, 1.54) is 38.6 Å². The maximum Gasteiger partial charge on any atom is 0.0606 e. The first-order valence-corrected chi connectivity index (χ1v) is 6.36. The van der Waals surface area contributed by atoms with E-state index in [1.54, 1.807) is 0 Å². The van der Waals surface area contributed by atoms with Crippen LogP contribution in [0.15, 0.2) is 0 Å². The van der Waals surface area contributed by atoms with Crippen LogP contribution in [0.3, 0.4) is 0 Å². The SMILES string of the molecule is CC1CCCC2C3CCCNC3NC12. The normalized spacial score (nSPS) is 52.5. The molecule has 1 saturated carbocycles. The summed E-state index contributed by atoms with van der Waals surface area (Å²) in [5.41, 5.74) is 0. The van der Waals surface area contributed by atoms with E-state index in [4.69, 9.17) is 0 Å². The Morgan fingerprint density at radius 3 is 2.79 bits per heavy atom. The van der Waals surface area contributed by atoms with E-state index in [0.29, 0.717) is 6.17 Å². The number of fused-ring (bicyclic) bond motifs is 3. The number of rotatable bonds is 0. The summed E-state index contributed by atoms with van der Waals surface area (Å²) < 4.78 is 0. The second-order valence-corrected chi connectivity index (χ2v) is 5.50. The monoisotopic (exact) mass is 194 g/mol. The summed E-state index contributed by atoms with van der Waals surface area (Å²) in [5, 5.41) is 7.48. The van der Waals surface area contributed by atoms with Crippen LogP contribution in [0.25, 0.3) is 0 Å². The van der Waals surface area contributed by atoms with E-state index in [0.717, 1.165) is 23.8 Å². The van der Waals surface area contributed by atoms with Gasteiger partial charge in [0.15, 0.2) is 0 Å². The molecule has 2 nitrogen and oxygen atoms in total. The molecule has 2 saturated heterocycles. The highest BCUT2D eigenvalue weighted by Gasteiger charge is 2.46. The van der Waals surface area contributed by atoms with Crippen molar-refractivity contribution in [2.45, 2.75) is 51.2 Å². The molecule has 3 rings (SSSR count). The molecule has 0 radical (unpaired) electrons. The first-order chi connectivity index (χ1) is 6.86. The van der Waals surface area contributed by atoms with Gasteiger partial charge in [-0.15, -0.1) is 0 Å². The molecule has 80 valence electrons. The average Bonchev–Trinajstić information content (AvgIpc) is 2.59. The Balaban J connectivity index is 1.79. The third-order valence-electron chi connectivity index (χ3n) is 4.70. The average molecular weight is 194 g/mol. The number of piperidine rings is 1. The van der Waals surface area contributed by atoms with E-state index < -0.39 is 0 Å². The van der Waals surface area contributed by atoms with Crippen LogP contribution in [-0.2, 0) is 0 Å². The van der Waals surface area contributed by atoms with Crippen molar-refractivity contribution >= 4 is 0 Å². The molecule has 0 aromatic heterocycles. The third-order valence-corrected chi connectivity index (χ3v) is 4.70. The van der Waals surface area contributed by atoms with Gasteiger partial charge in [-0.3, -0.25) is 5.32 Å². The summed E-state index contributed by atoms with van der Waals surface area (Å²) in [7, 11) is 0. The maximum atomic E-state index is 3.83. The fourth-order valence-electron chi connectivity index (χ4n) is 3.99. The van der Waals surface area contributed by atoms with Gasteiger partial charge >= 0.3 is 0 Å². The minimum absolute atomic E-state index is 0.652. The zero-order chi connectivity index (χ0) is 9.54. The minimum atomic E-state index is 0.652. The fourth-order valence-corrected chi connectivity index (χ4v) is 3.99. The van der Waals surface area contributed by atoms with Crippen LogP contribution in [0.4, 0.5) is 0 Å². The Labute approximate surface area is 86.8 Å². The van der Waals surface area contributed by atoms with Crippen LogP contribution >= 0.6 is 0 Å². The van der Waals surface area contributed by atoms with Crippen LogP contribution < -0.4 is 10.6 Å². The molecule has 1 aliphatic carbocycles. The second kappa shape index (κ2) is 3.49. The lowest BCUT2D eigenvalue weighted by Gasteiger charge is -2.34. The van der Waals surface area contributed by atoms with Gasteiger partial charge in [0, 0.05) is 6.04 Å². The lowest BCUT2D eigenvalue weighted by atomic mass is 9.73. The zero-order valence-electron chi connectivity index (χ0n) is 9.13. The lowest BCUT2D eigenvalue weighted by Crippen LogP contribution is -2.47. The number of nitrogens with one attached hydrogen (secondary N) is 2. The van der Waals surface area contributed by atoms with Crippen LogP contribution in [0.1, 0.15) is 39.0 Å². The Morgan fingerprint density at radius 2 is 1.86 bits per heavy atom. The van der Waals surface area contributed by atoms with E-state index in [1.807, 2.05) is 0 Å². The van der Waals surface area contributed by atoms with Crippen molar-refractivity contribution in [1.29, 1.82) is 0 Å². The molecule has 5 atom stereocenters. The molecule has 2 N–H and O–H groups in total. The molecule has 0 bridgehead atoms. The van der Waals surface area contributed by atoms with Gasteiger partial charge in [-0.1, -0.05) is 13.3 Å². The van der Waals surface area contributed by atoms with E-state index in [-0.39, 0.29) is 0 Å². The molecule has 5 unspecified atom stereocenters. The van der Waals surface area contributed by atoms with Crippen molar-refractivity contribution < 1.29 is 0 Å². The van der Waals surface area contributed by atoms with Gasteiger partial charge in [-0.25, -0.2) is 0 Å². The summed E-state index contributed by atoms with van der Waals surface area (Å²) in [6.45, 7) is 3.66. The summed E-state index contributed by atoms with van der Waals surface area (Å²) in [6, 6.07) is 0.823. The van der Waals surface area contributed by atoms with Gasteiger partial charge in [0.25, 0.3) is 0 Å². The molecule has 0 aromatic carbocycles. The molecule has 2 heteroatoms. The van der Waals surface area contributed by atoms with Crippen LogP contribution in [0.2, 0.25) is 0 Å². The van der Waals surface area contributed by atoms with Crippen molar-refractivity contribution in [3.05, 3.63) is 0 Å². The largest absolute Gasteiger partial charge is 0.302 e. The van der Waals surface area contributed by atoms with Crippen LogP contribution in [-0.4, -0.2) is 18.8 Å². The van der Waals surface area contributed by atoms with Crippen molar-refractivity contribution in [3.8, 4) is 0 Å². The molecule has 3 aliphatic rings. The highest BCUT2D eigenvalue weighted by molar-refractivity contribution is 5.01. The van der Waals surface area contributed by atoms with E-state index >= 15 is 0 Å². The van der Waals surface area contributed by atoms with Gasteiger partial charge in [-0.2, -0.15) is 0 Å². The molecule has 2 aliphatic heterocycles. The quantitative estimate of drug-likeness (QED) is 0.613. The van der Waals surface area contributed by atoms with Gasteiger partial charge in [-0.05, 0) is 50.0 Å². The first kappa shape index (κ1) is 9.17. The predicted octanol–water partition coefficient (Wildman–Crippen LogP) is 1.72. The Hall–Kier alpha value is -0.0800. The first-order valence-electron chi connectivity index (χ1n) is 6.36. The number of hydrogen-bond acceptors (Lipinski definition) is 2. The molecule has 0 aromatic rings. The molecule has 0 spiro atoms. The molecule has 2 heterocycles. The summed E-state index contributed by atoms with van der Waals surface area (Å²) >= 11 is 0. The molecule has 3 fully saturated rings. The Bertz CT molecular complexity index is 214. The summed E-state index contributed by atoms with van der Waals surface area (Å²) in [6.07, 6.45) is 7.88. The van der Waals surface area contributed by atoms with Gasteiger partial charge in [0.1, 0.15) is 0 Å². The molecular formula is C12H22N2. The highest BCUT2D eigenvalue weighted by atomic mass is 15.2. The topological polar surface area (TPSA) is 24.1 Å². The Morgan fingerprint density at radius 1 is 1.00 bits per heavy atom. The van der Waals surface area contributed by atoms with E-state index in [9.17, 15) is 0 Å². The Kier molecular flexibility index (Phi) is 2.29. The van der Waals surface area contributed by atoms with Gasteiger partial charge in [0.2, 0.25) is 0 Å². The van der Waals surface area contributed by atoms with Crippen LogP contribution in [0.5, 0.6) is 0 Å². The van der Waals surface area contributed by atoms with Crippen LogP contribution in [0, 0.1) is 17.8 Å². The maximum absolute atomic E-state index is 3.83. The third kappa shape index (κ3) is 1.31. The van der Waals surface area contributed by atoms with Crippen molar-refractivity contribution in [3.63, 3.8) is 0 Å². The minimum Gasteiger partial charge on any atom is -0.302 e. The van der Waals surface area contributed by atoms with Crippen molar-refractivity contribution in [2.24, 2.45) is 17.8 Å². The smallest absolute Gasteiger partial charge is 0.0606 e. The molecule has 0 amide bonds. The number of hydrogen-bond donors (Lipinski definition) is 2. The van der Waals surface area contributed by atoms with Crippen molar-refractivity contribution in [2.75, 3.05) is 6.54 Å². The molecular weight excluding hydrogens is 172 g/mol. The van der Waals surface area contributed by atoms with Crippen molar-refractivity contribution in [1.82, 2.24) is 10.6 Å². The second-order valence-electron chi connectivity index (χ2n) is 5.50. The summed E-state index contributed by atoms with van der Waals surface area (Å²) in [4.78, 5) is 0. The predicted molar refractivity (Wildman–Crippen MR) is 57.9 cm³/mol. The highest BCUT2D eigenvalue weighted by Crippen LogP contribution is 2.42. The standard InChI is InChI=1S/C12H22N2/c1-8-4-2-5-9-10-6-3-7-13-12(10)14-11(8)9/h8-14H,2-7H2,1H3. The van der Waals surface area contributed by atoms with Gasteiger partial charge < -0.3 is 5.32 Å². The lowest BCUT2D eigenvalue weighted by molar-refractivity contribution is 0.193. The van der Waals surface area contributed by atoms with Gasteiger partial charge in [0.05, 0.1) is 6.17 Å². The molecule has 14 heavy (non-hydrogen) atoms. The van der Waals surface area contributed by atoms with E-state index in [2.05, 4.69) is 17.6 Å². The zero-order valence-corrected chi connectivity index (χ0v) is 9.13. The summed E-state index contributed by atoms with van der Waals surface area (Å²) in [5.74, 6) is 2.83.